The molecule has 1 N–H and O–H groups in total. The molecule has 7 heteroatoms. The Bertz CT molecular complexity index is 1260. The van der Waals surface area contributed by atoms with E-state index in [-0.39, 0.29) is 12.1 Å². The van der Waals surface area contributed by atoms with Gasteiger partial charge in [0, 0.05) is 29.5 Å². The molecule has 0 saturated carbocycles. The topological polar surface area (TPSA) is 51.5 Å². The van der Waals surface area contributed by atoms with Crippen LogP contribution in [0.25, 0.3) is 5.69 Å². The zero-order chi connectivity index (χ0) is 23.5. The summed E-state index contributed by atoms with van der Waals surface area (Å²) in [4.78, 5) is 6.82. The molecule has 2 aromatic carbocycles. The van der Waals surface area contributed by atoms with E-state index in [0.717, 1.165) is 34.3 Å². The van der Waals surface area contributed by atoms with E-state index in [4.69, 9.17) is 21.7 Å². The van der Waals surface area contributed by atoms with Crippen molar-refractivity contribution in [2.75, 3.05) is 18.6 Å². The Morgan fingerprint density at radius 2 is 1.65 bits per heavy atom. The molecule has 3 heterocycles. The number of thiocarbonyl (C=S) groups is 1. The minimum absolute atomic E-state index is 0.113. The summed E-state index contributed by atoms with van der Waals surface area (Å²) in [6.45, 7) is 2.61. The number of pyridine rings is 1. The van der Waals surface area contributed by atoms with E-state index >= 15 is 0 Å². The van der Waals surface area contributed by atoms with Crippen LogP contribution >= 0.6 is 12.2 Å². The third-order valence-electron chi connectivity index (χ3n) is 5.96. The largest absolute Gasteiger partial charge is 0.497 e. The van der Waals surface area contributed by atoms with Gasteiger partial charge in [-0.25, -0.2) is 0 Å². The lowest BCUT2D eigenvalue weighted by molar-refractivity contribution is 0.340. The van der Waals surface area contributed by atoms with Crippen molar-refractivity contribution in [2.24, 2.45) is 0 Å². The van der Waals surface area contributed by atoms with Gasteiger partial charge in [-0.2, -0.15) is 0 Å². The third-order valence-corrected chi connectivity index (χ3v) is 6.27. The van der Waals surface area contributed by atoms with Gasteiger partial charge in [0.15, 0.2) is 5.11 Å². The van der Waals surface area contributed by atoms with Crippen LogP contribution in [-0.2, 0) is 0 Å². The number of benzene rings is 2. The van der Waals surface area contributed by atoms with Crippen LogP contribution in [0, 0.1) is 0 Å². The van der Waals surface area contributed by atoms with Gasteiger partial charge in [-0.05, 0) is 91.9 Å². The molecule has 0 bridgehead atoms. The zero-order valence-electron chi connectivity index (χ0n) is 19.1. The molecule has 0 radical (unpaired) electrons. The molecule has 34 heavy (non-hydrogen) atoms. The second-order valence-electron chi connectivity index (χ2n) is 7.92. The SMILES string of the molecule is CCOc1ccc(N2C(=S)N[C@@H](c3ccccn3)[C@@H]2c2cccn2-c2ccc(OC)cc2)cc1. The number of anilines is 1. The molecule has 172 valence electrons. The Kier molecular flexibility index (Phi) is 6.18. The van der Waals surface area contributed by atoms with E-state index in [1.807, 2.05) is 67.7 Å². The fourth-order valence-electron chi connectivity index (χ4n) is 4.42. The van der Waals surface area contributed by atoms with Crippen molar-refractivity contribution < 1.29 is 9.47 Å². The number of ether oxygens (including phenoxy) is 2. The lowest BCUT2D eigenvalue weighted by Crippen LogP contribution is -2.30. The molecule has 0 aliphatic carbocycles. The Morgan fingerprint density at radius 1 is 0.912 bits per heavy atom. The highest BCUT2D eigenvalue weighted by Gasteiger charge is 2.42. The van der Waals surface area contributed by atoms with Crippen LogP contribution in [0.1, 0.15) is 30.4 Å². The van der Waals surface area contributed by atoms with Crippen LogP contribution in [-0.4, -0.2) is 28.4 Å². The lowest BCUT2D eigenvalue weighted by atomic mass is 10.0. The third kappa shape index (κ3) is 4.10. The molecule has 0 amide bonds. The van der Waals surface area contributed by atoms with E-state index in [2.05, 4.69) is 50.2 Å². The standard InChI is InChI=1S/C27H26N4O2S/c1-3-33-22-15-11-20(12-16-22)31-26(25(29-27(31)34)23-7-4-5-17-28-23)24-8-6-18-30(24)19-9-13-21(32-2)14-10-19/h4-18,25-26H,3H2,1-2H3,(H,29,34)/t25-,26-/m0/s1. The predicted octanol–water partition coefficient (Wildman–Crippen LogP) is 5.46. The van der Waals surface area contributed by atoms with Crippen molar-refractivity contribution in [1.82, 2.24) is 14.9 Å². The summed E-state index contributed by atoms with van der Waals surface area (Å²) in [7, 11) is 1.67. The summed E-state index contributed by atoms with van der Waals surface area (Å²) >= 11 is 5.86. The lowest BCUT2D eigenvalue weighted by Gasteiger charge is -2.29. The van der Waals surface area contributed by atoms with Crippen molar-refractivity contribution in [3.05, 3.63) is 103 Å². The maximum atomic E-state index is 5.86. The first-order chi connectivity index (χ1) is 16.7. The molecular weight excluding hydrogens is 444 g/mol. The van der Waals surface area contributed by atoms with Crippen LogP contribution in [0.15, 0.2) is 91.3 Å². The van der Waals surface area contributed by atoms with Gasteiger partial charge < -0.3 is 24.3 Å². The van der Waals surface area contributed by atoms with Crippen molar-refractivity contribution in [2.45, 2.75) is 19.0 Å². The Hall–Kier alpha value is -3.84. The number of hydrogen-bond donors (Lipinski definition) is 1. The molecular formula is C27H26N4O2S. The zero-order valence-corrected chi connectivity index (χ0v) is 19.9. The average molecular weight is 471 g/mol. The first-order valence-corrected chi connectivity index (χ1v) is 11.7. The van der Waals surface area contributed by atoms with Crippen LogP contribution in [0.5, 0.6) is 11.5 Å². The van der Waals surface area contributed by atoms with Crippen molar-refractivity contribution in [3.8, 4) is 17.2 Å². The van der Waals surface area contributed by atoms with Gasteiger partial charge in [0.05, 0.1) is 25.5 Å². The summed E-state index contributed by atoms with van der Waals surface area (Å²) in [6.07, 6.45) is 3.89. The van der Waals surface area contributed by atoms with Crippen LogP contribution < -0.4 is 19.7 Å². The van der Waals surface area contributed by atoms with Crippen molar-refractivity contribution in [1.29, 1.82) is 0 Å². The van der Waals surface area contributed by atoms with E-state index in [0.29, 0.717) is 11.7 Å². The number of nitrogens with one attached hydrogen (secondary N) is 1. The number of aromatic nitrogens is 2. The van der Waals surface area contributed by atoms with Gasteiger partial charge in [-0.3, -0.25) is 4.98 Å². The van der Waals surface area contributed by atoms with Gasteiger partial charge >= 0.3 is 0 Å². The highest BCUT2D eigenvalue weighted by Crippen LogP contribution is 2.42. The second kappa shape index (κ2) is 9.57. The molecule has 0 spiro atoms. The fourth-order valence-corrected chi connectivity index (χ4v) is 4.76. The normalized spacial score (nSPS) is 17.5. The molecule has 0 unspecified atom stereocenters. The van der Waals surface area contributed by atoms with Gasteiger partial charge in [0.2, 0.25) is 0 Å². The van der Waals surface area contributed by atoms with E-state index in [9.17, 15) is 0 Å². The van der Waals surface area contributed by atoms with Gasteiger partial charge in [0.1, 0.15) is 17.5 Å². The highest BCUT2D eigenvalue weighted by atomic mass is 32.1. The quantitative estimate of drug-likeness (QED) is 0.362. The summed E-state index contributed by atoms with van der Waals surface area (Å²) < 4.78 is 13.2. The number of methoxy groups -OCH3 is 1. The number of rotatable bonds is 7. The number of hydrogen-bond acceptors (Lipinski definition) is 4. The molecule has 6 nitrogen and oxygen atoms in total. The smallest absolute Gasteiger partial charge is 0.174 e. The highest BCUT2D eigenvalue weighted by molar-refractivity contribution is 7.80. The molecule has 1 fully saturated rings. The summed E-state index contributed by atoms with van der Waals surface area (Å²) in [5, 5.41) is 4.18. The first-order valence-electron chi connectivity index (χ1n) is 11.2. The summed E-state index contributed by atoms with van der Waals surface area (Å²) in [5.74, 6) is 1.66. The van der Waals surface area contributed by atoms with Crippen LogP contribution in [0.3, 0.4) is 0 Å². The van der Waals surface area contributed by atoms with Crippen LogP contribution in [0.4, 0.5) is 5.69 Å². The Morgan fingerprint density at radius 3 is 2.32 bits per heavy atom. The predicted molar refractivity (Wildman–Crippen MR) is 138 cm³/mol. The van der Waals surface area contributed by atoms with Gasteiger partial charge in [0.25, 0.3) is 0 Å². The Labute approximate surface area is 204 Å². The minimum Gasteiger partial charge on any atom is -0.497 e. The molecule has 2 aromatic heterocycles. The maximum Gasteiger partial charge on any atom is 0.174 e. The summed E-state index contributed by atoms with van der Waals surface area (Å²) in [6, 6.07) is 26.1. The molecule has 1 aliphatic rings. The van der Waals surface area contributed by atoms with Crippen LogP contribution in [0.2, 0.25) is 0 Å². The molecule has 1 saturated heterocycles. The maximum absolute atomic E-state index is 5.86. The van der Waals surface area contributed by atoms with E-state index in [1.54, 1.807) is 7.11 Å². The molecule has 5 rings (SSSR count). The fraction of sp³-hybridized carbons (Fsp3) is 0.185. The van der Waals surface area contributed by atoms with Crippen molar-refractivity contribution in [3.63, 3.8) is 0 Å². The Balaban J connectivity index is 1.60. The van der Waals surface area contributed by atoms with E-state index in [1.165, 1.54) is 0 Å². The monoisotopic (exact) mass is 470 g/mol. The van der Waals surface area contributed by atoms with Gasteiger partial charge in [-0.15, -0.1) is 0 Å². The first kappa shape index (κ1) is 22.0. The van der Waals surface area contributed by atoms with E-state index < -0.39 is 0 Å². The van der Waals surface area contributed by atoms with Crippen molar-refractivity contribution >= 4 is 23.0 Å². The summed E-state index contributed by atoms with van der Waals surface area (Å²) in [5.41, 5.74) is 4.07. The average Bonchev–Trinajstić information content (AvgIpc) is 3.50. The molecule has 2 atom stereocenters. The van der Waals surface area contributed by atoms with Gasteiger partial charge in [-0.1, -0.05) is 6.07 Å². The molecule has 4 aromatic rings. The molecule has 1 aliphatic heterocycles. The second-order valence-corrected chi connectivity index (χ2v) is 8.31. The minimum atomic E-state index is -0.118. The number of nitrogens with zero attached hydrogens (tertiary/aromatic N) is 3.